The molecule has 0 saturated heterocycles. The van der Waals surface area contributed by atoms with Gasteiger partial charge in [-0.25, -0.2) is 8.78 Å². The summed E-state index contributed by atoms with van der Waals surface area (Å²) in [4.78, 5) is 12.0. The van der Waals surface area contributed by atoms with Crippen LogP contribution in [-0.2, 0) is 13.2 Å². The highest BCUT2D eigenvalue weighted by Gasteiger charge is 2.16. The van der Waals surface area contributed by atoms with Crippen molar-refractivity contribution in [1.29, 1.82) is 0 Å². The summed E-state index contributed by atoms with van der Waals surface area (Å²) in [5, 5.41) is 17.4. The van der Waals surface area contributed by atoms with E-state index in [1.54, 1.807) is 4.57 Å². The number of carbonyl (C=O) groups is 1. The third-order valence-corrected chi connectivity index (χ3v) is 3.91. The number of hydrogen-bond acceptors (Lipinski definition) is 5. The van der Waals surface area contributed by atoms with E-state index >= 15 is 0 Å². The molecule has 0 atom stereocenters. The number of rotatable bonds is 7. The van der Waals surface area contributed by atoms with E-state index < -0.39 is 17.4 Å². The van der Waals surface area contributed by atoms with Crippen LogP contribution < -0.4 is 0 Å². The molecule has 0 unspecified atom stereocenters. The van der Waals surface area contributed by atoms with Crippen molar-refractivity contribution in [1.82, 2.24) is 14.8 Å². The van der Waals surface area contributed by atoms with E-state index in [2.05, 4.69) is 10.2 Å². The number of aliphatic hydroxyl groups is 1. The minimum Gasteiger partial charge on any atom is -0.388 e. The number of aliphatic hydroxyl groups excluding tert-OH is 1. The van der Waals surface area contributed by atoms with E-state index in [1.165, 1.54) is 0 Å². The molecule has 1 aromatic carbocycles. The van der Waals surface area contributed by atoms with Crippen molar-refractivity contribution in [3.63, 3.8) is 0 Å². The molecule has 0 spiro atoms. The Balaban J connectivity index is 2.11. The molecular formula is C14H15F2N3O2S. The summed E-state index contributed by atoms with van der Waals surface area (Å²) in [5.74, 6) is -1.62. The molecule has 0 aliphatic rings. The van der Waals surface area contributed by atoms with Crippen molar-refractivity contribution in [2.75, 3.05) is 5.75 Å². The van der Waals surface area contributed by atoms with Crippen molar-refractivity contribution in [3.8, 4) is 0 Å². The van der Waals surface area contributed by atoms with Gasteiger partial charge in [-0.2, -0.15) is 0 Å². The van der Waals surface area contributed by atoms with Gasteiger partial charge in [-0.1, -0.05) is 18.7 Å². The number of halogens is 2. The predicted octanol–water partition coefficient (Wildman–Crippen LogP) is 2.43. The summed E-state index contributed by atoms with van der Waals surface area (Å²) in [7, 11) is 0. The molecule has 0 aliphatic carbocycles. The second kappa shape index (κ2) is 7.46. The second-order valence-corrected chi connectivity index (χ2v) is 5.49. The highest BCUT2D eigenvalue weighted by molar-refractivity contribution is 7.99. The Morgan fingerprint density at radius 2 is 2.14 bits per heavy atom. The predicted molar refractivity (Wildman–Crippen MR) is 77.6 cm³/mol. The molecule has 118 valence electrons. The normalized spacial score (nSPS) is 10.9. The number of nitrogens with zero attached hydrogens (tertiary/aromatic N) is 3. The topological polar surface area (TPSA) is 68.0 Å². The highest BCUT2D eigenvalue weighted by Crippen LogP contribution is 2.20. The molecule has 2 rings (SSSR count). The molecule has 8 heteroatoms. The summed E-state index contributed by atoms with van der Waals surface area (Å²) in [5.41, 5.74) is -0.281. The van der Waals surface area contributed by atoms with Gasteiger partial charge in [0.1, 0.15) is 18.2 Å². The zero-order chi connectivity index (χ0) is 16.1. The third-order valence-electron chi connectivity index (χ3n) is 2.94. The van der Waals surface area contributed by atoms with Crippen LogP contribution in [0.25, 0.3) is 0 Å². The van der Waals surface area contributed by atoms with Gasteiger partial charge in [0.05, 0.1) is 11.3 Å². The fourth-order valence-electron chi connectivity index (χ4n) is 1.91. The lowest BCUT2D eigenvalue weighted by Gasteiger charge is -2.07. The lowest BCUT2D eigenvalue weighted by molar-refractivity contribution is 0.101. The van der Waals surface area contributed by atoms with Gasteiger partial charge in [0, 0.05) is 6.54 Å². The van der Waals surface area contributed by atoms with Crippen LogP contribution in [0, 0.1) is 11.6 Å². The number of thioether (sulfide) groups is 1. The van der Waals surface area contributed by atoms with E-state index in [-0.39, 0.29) is 17.9 Å². The quantitative estimate of drug-likeness (QED) is 0.625. The number of ketones is 1. The largest absolute Gasteiger partial charge is 0.388 e. The van der Waals surface area contributed by atoms with Gasteiger partial charge in [0.2, 0.25) is 0 Å². The van der Waals surface area contributed by atoms with Gasteiger partial charge in [-0.15, -0.1) is 10.2 Å². The molecule has 5 nitrogen and oxygen atoms in total. The molecule has 2 aromatic rings. The monoisotopic (exact) mass is 327 g/mol. The smallest absolute Gasteiger partial charge is 0.191 e. The van der Waals surface area contributed by atoms with Gasteiger partial charge in [-0.05, 0) is 24.6 Å². The number of carbonyl (C=O) groups excluding carboxylic acids is 1. The average Bonchev–Trinajstić information content (AvgIpc) is 2.90. The van der Waals surface area contributed by atoms with Crippen LogP contribution in [0.2, 0.25) is 0 Å². The first-order valence-electron chi connectivity index (χ1n) is 6.70. The molecule has 1 N–H and O–H groups in total. The van der Waals surface area contributed by atoms with Crippen LogP contribution in [0.15, 0.2) is 23.4 Å². The molecule has 1 heterocycles. The van der Waals surface area contributed by atoms with Crippen molar-refractivity contribution in [2.45, 2.75) is 31.7 Å². The molecule has 0 amide bonds. The van der Waals surface area contributed by atoms with Gasteiger partial charge in [0.15, 0.2) is 16.8 Å². The molecule has 1 aromatic heterocycles. The molecule has 0 saturated carbocycles. The van der Waals surface area contributed by atoms with Crippen molar-refractivity contribution in [3.05, 3.63) is 41.2 Å². The van der Waals surface area contributed by atoms with Gasteiger partial charge in [-0.3, -0.25) is 4.79 Å². The van der Waals surface area contributed by atoms with Crippen LogP contribution in [0.1, 0.15) is 29.5 Å². The first-order chi connectivity index (χ1) is 10.6. The standard InChI is InChI=1S/C14H15F2N3O2S/c1-2-5-19-13(7-20)17-18-14(19)22-8-12(21)10-6-9(15)3-4-11(10)16/h3-4,6,20H,2,5,7-8H2,1H3. The zero-order valence-electron chi connectivity index (χ0n) is 11.9. The lowest BCUT2D eigenvalue weighted by Crippen LogP contribution is -2.09. The van der Waals surface area contributed by atoms with Crippen molar-refractivity contribution >= 4 is 17.5 Å². The Morgan fingerprint density at radius 1 is 1.36 bits per heavy atom. The van der Waals surface area contributed by atoms with Crippen LogP contribution in [0.3, 0.4) is 0 Å². The number of hydrogen-bond donors (Lipinski definition) is 1. The molecule has 0 bridgehead atoms. The number of benzene rings is 1. The zero-order valence-corrected chi connectivity index (χ0v) is 12.7. The molecule has 0 radical (unpaired) electrons. The summed E-state index contributed by atoms with van der Waals surface area (Å²) < 4.78 is 28.4. The van der Waals surface area contributed by atoms with E-state index in [9.17, 15) is 18.7 Å². The SMILES string of the molecule is CCCn1c(CO)nnc1SCC(=O)c1cc(F)ccc1F. The maximum Gasteiger partial charge on any atom is 0.191 e. The van der Waals surface area contributed by atoms with Crippen LogP contribution in [-0.4, -0.2) is 31.4 Å². The van der Waals surface area contributed by atoms with Gasteiger partial charge < -0.3 is 9.67 Å². The summed E-state index contributed by atoms with van der Waals surface area (Å²) in [6.07, 6.45) is 0.811. The molecule has 22 heavy (non-hydrogen) atoms. The number of Topliss-reactive ketones (excluding diaryl/α,β-unsaturated/α-hetero) is 1. The molecular weight excluding hydrogens is 312 g/mol. The first-order valence-corrected chi connectivity index (χ1v) is 7.69. The average molecular weight is 327 g/mol. The summed E-state index contributed by atoms with van der Waals surface area (Å²) in [6.45, 7) is 2.32. The van der Waals surface area contributed by atoms with E-state index in [0.717, 1.165) is 36.4 Å². The molecule has 0 fully saturated rings. The Hall–Kier alpha value is -1.80. The highest BCUT2D eigenvalue weighted by atomic mass is 32.2. The second-order valence-electron chi connectivity index (χ2n) is 4.54. The van der Waals surface area contributed by atoms with Crippen LogP contribution in [0.5, 0.6) is 0 Å². The minimum absolute atomic E-state index is 0.0896. The number of aromatic nitrogens is 3. The van der Waals surface area contributed by atoms with Crippen molar-refractivity contribution < 1.29 is 18.7 Å². The fourth-order valence-corrected chi connectivity index (χ4v) is 2.78. The Morgan fingerprint density at radius 3 is 2.82 bits per heavy atom. The van der Waals surface area contributed by atoms with Crippen LogP contribution in [0.4, 0.5) is 8.78 Å². The first kappa shape index (κ1) is 16.6. The Labute approximate surface area is 130 Å². The van der Waals surface area contributed by atoms with E-state index in [1.807, 2.05) is 6.92 Å². The summed E-state index contributed by atoms with van der Waals surface area (Å²) in [6, 6.07) is 2.77. The maximum atomic E-state index is 13.5. The van der Waals surface area contributed by atoms with Gasteiger partial charge in [0.25, 0.3) is 0 Å². The summed E-state index contributed by atoms with van der Waals surface area (Å²) >= 11 is 1.08. The van der Waals surface area contributed by atoms with Crippen molar-refractivity contribution in [2.24, 2.45) is 0 Å². The lowest BCUT2D eigenvalue weighted by atomic mass is 10.1. The van der Waals surface area contributed by atoms with E-state index in [0.29, 0.717) is 17.5 Å². The minimum atomic E-state index is -0.752. The Kier molecular flexibility index (Phi) is 5.62. The molecule has 0 aliphatic heterocycles. The Bertz CT molecular complexity index is 676. The van der Waals surface area contributed by atoms with Crippen LogP contribution >= 0.6 is 11.8 Å². The van der Waals surface area contributed by atoms with E-state index in [4.69, 9.17) is 0 Å². The fraction of sp³-hybridized carbons (Fsp3) is 0.357. The van der Waals surface area contributed by atoms with Gasteiger partial charge >= 0.3 is 0 Å². The third kappa shape index (κ3) is 3.69. The maximum absolute atomic E-state index is 13.5.